The third-order valence-electron chi connectivity index (χ3n) is 22.5. The first-order valence-electron chi connectivity index (χ1n) is 33.7. The fourth-order valence-corrected chi connectivity index (χ4v) is 17.9. The fraction of sp³-hybridized carbons (Fsp3) is 0.831. The second-order valence-electron chi connectivity index (χ2n) is 32.8. The quantitative estimate of drug-likeness (QED) is 0.0760. The number of allylic oxidation sites excluding steroid dienone is 1. The lowest BCUT2D eigenvalue weighted by atomic mass is 9.70. The molecule has 6 aliphatic heterocycles. The third-order valence-corrected chi connectivity index (χ3v) is 35.9. The van der Waals surface area contributed by atoms with Gasteiger partial charge in [-0.25, -0.2) is 0 Å². The van der Waals surface area contributed by atoms with Crippen LogP contribution in [0.15, 0.2) is 60.7 Å². The van der Waals surface area contributed by atoms with Crippen molar-refractivity contribution in [2.45, 2.75) is 345 Å². The average molecular weight is 1240 g/mol. The van der Waals surface area contributed by atoms with Gasteiger partial charge in [-0.2, -0.15) is 0 Å². The minimum Gasteiger partial charge on any atom is -0.408 e. The molecule has 1 aromatic rings. The molecular weight excluding hydrogens is 1110 g/mol. The van der Waals surface area contributed by atoms with Crippen LogP contribution in [0.1, 0.15) is 192 Å². The van der Waals surface area contributed by atoms with Crippen molar-refractivity contribution in [1.29, 1.82) is 0 Å². The van der Waals surface area contributed by atoms with Gasteiger partial charge in [0.25, 0.3) is 0 Å². The van der Waals surface area contributed by atoms with Crippen molar-refractivity contribution in [3.63, 3.8) is 0 Å². The lowest BCUT2D eigenvalue weighted by molar-refractivity contribution is -0.269. The molecule has 6 saturated heterocycles. The van der Waals surface area contributed by atoms with Gasteiger partial charge in [0, 0.05) is 19.4 Å². The Morgan fingerprint density at radius 1 is 0.718 bits per heavy atom. The topological polar surface area (TPSA) is 124 Å². The van der Waals surface area contributed by atoms with Crippen molar-refractivity contribution in [2.75, 3.05) is 6.61 Å². The summed E-state index contributed by atoms with van der Waals surface area (Å²) in [5.41, 5.74) is 4.56. The Hall–Kier alpha value is -1.35. The van der Waals surface area contributed by atoms with E-state index in [4.69, 9.17) is 48.3 Å². The molecule has 19 atom stereocenters. The fourth-order valence-electron chi connectivity index (χ4n) is 14.0. The smallest absolute Gasteiger partial charge is 0.193 e. The maximum atomic E-state index is 13.5. The number of ether oxygens (including phenoxy) is 6. The van der Waals surface area contributed by atoms with Crippen molar-refractivity contribution in [3.8, 4) is 0 Å². The molecule has 7 rings (SSSR count). The average Bonchev–Trinajstić information content (AvgIpc) is 1.36. The van der Waals surface area contributed by atoms with Gasteiger partial charge in [0.15, 0.2) is 25.0 Å². The Morgan fingerprint density at radius 3 is 1.93 bits per heavy atom. The zero-order chi connectivity index (χ0) is 63.0. The molecule has 11 nitrogen and oxygen atoms in total. The van der Waals surface area contributed by atoms with Gasteiger partial charge in [-0.3, -0.25) is 0 Å². The van der Waals surface area contributed by atoms with Crippen LogP contribution in [0.25, 0.3) is 0 Å². The Kier molecular flexibility index (Phi) is 23.6. The maximum absolute atomic E-state index is 13.5. The van der Waals surface area contributed by atoms with Crippen LogP contribution < -0.4 is 0 Å². The summed E-state index contributed by atoms with van der Waals surface area (Å²) in [6, 6.07) is 8.92. The molecule has 0 radical (unpaired) electrons. The van der Waals surface area contributed by atoms with Crippen LogP contribution in [-0.2, 0) is 48.1 Å². The van der Waals surface area contributed by atoms with Gasteiger partial charge in [0.2, 0.25) is 0 Å². The highest BCUT2D eigenvalue weighted by Gasteiger charge is 2.59. The Morgan fingerprint density at radius 2 is 1.34 bits per heavy atom. The summed E-state index contributed by atoms with van der Waals surface area (Å²) >= 11 is 0. The number of aliphatic hydroxyl groups is 2. The molecule has 6 aliphatic rings. The highest BCUT2D eigenvalue weighted by Crippen LogP contribution is 2.51. The summed E-state index contributed by atoms with van der Waals surface area (Å²) < 4.78 is 66.0. The zero-order valence-corrected chi connectivity index (χ0v) is 60.5. The van der Waals surface area contributed by atoms with E-state index < -0.39 is 55.5 Å². The lowest BCUT2D eigenvalue weighted by Crippen LogP contribution is -2.69. The number of aliphatic hydroxyl groups excluding tert-OH is 2. The summed E-state index contributed by atoms with van der Waals surface area (Å²) in [5, 5.41) is 22.8. The van der Waals surface area contributed by atoms with E-state index >= 15 is 0 Å². The molecule has 6 heterocycles. The van der Waals surface area contributed by atoms with E-state index in [2.05, 4.69) is 186 Å². The van der Waals surface area contributed by atoms with Crippen LogP contribution in [0.2, 0.25) is 54.4 Å². The van der Waals surface area contributed by atoms with Crippen molar-refractivity contribution < 1.29 is 51.9 Å². The second-order valence-corrected chi connectivity index (χ2v) is 47.1. The van der Waals surface area contributed by atoms with Gasteiger partial charge in [0.1, 0.15) is 24.4 Å². The van der Waals surface area contributed by atoms with Gasteiger partial charge >= 0.3 is 0 Å². The number of benzene rings is 1. The monoisotopic (exact) mass is 1240 g/mol. The molecule has 0 saturated carbocycles. The minimum absolute atomic E-state index is 0.00506. The Bertz CT molecular complexity index is 2350. The molecule has 14 heteroatoms. The van der Waals surface area contributed by atoms with Gasteiger partial charge in [-0.15, -0.1) is 0 Å². The van der Waals surface area contributed by atoms with Crippen LogP contribution >= 0.6 is 0 Å². The van der Waals surface area contributed by atoms with Crippen LogP contribution in [0.3, 0.4) is 0 Å². The molecule has 0 aliphatic carbocycles. The molecule has 85 heavy (non-hydrogen) atoms. The SMILES string of the molecule is C=C1C(C[C@@H]2O[C@H](C[C@H]3CCC(C)(C)O3)[C@H](C)[C@H]2C(Cc2ccc(C)cc2)C(O)C[C@H]2CC[C@@H]3O[C@@H]([C@H](/C=C/C)O[Si](C)(C)C(C)(C)C)[C@@H](O[Si](C)(C)C(C)(C)C)[C@@H](O[Si](C)(C)C(C)(C)C)[C@H]3O2)O[C@@H](CC[C@@H]2O[C@@H](CCCO)CC2=C)C[C@H]1C. The van der Waals surface area contributed by atoms with E-state index in [0.717, 1.165) is 81.8 Å². The van der Waals surface area contributed by atoms with E-state index in [0.29, 0.717) is 19.3 Å². The molecule has 2 N–H and O–H groups in total. The predicted molar refractivity (Wildman–Crippen MR) is 355 cm³/mol. The molecule has 0 amide bonds. The first kappa shape index (κ1) is 71.1. The molecule has 0 bridgehead atoms. The molecule has 3 unspecified atom stereocenters. The summed E-state index contributed by atoms with van der Waals surface area (Å²) in [5.74, 6) is 0.266. The van der Waals surface area contributed by atoms with Gasteiger partial charge in [-0.1, -0.05) is 131 Å². The standard InChI is InChI=1S/C71H124O11Si3/c1-24-26-59(80-83(18,19)68(7,8)9)65-67(82-85(22,23)70(13,14)15)66(81-84(20,21)69(10,11)12)64-58(78-65)35-33-53(76-64)42-56(73)55(41-50-30-28-45(2)29-31-50)63-49(6)60(43-54-36-37-71(16,17)79-54)77-62(63)44-61-48(5)46(3)39-52(75-61)32-34-57-47(4)40-51(74-57)27-25-38-72/h24,26,28-31,46,49,51-67,72-73H,4-5,25,27,32-44H2,1-3,6-23H3/b26-24+/t46-,49+,51+,52+,53-,54-,55?,56?,57+,58+,59+,60-,61?,62+,63+,64+,65+,66+,67-/m1/s1. The molecular formula is C71H124O11Si3. The number of fused-ring (bicyclic) bond motifs is 1. The van der Waals surface area contributed by atoms with E-state index in [1.807, 2.05) is 0 Å². The van der Waals surface area contributed by atoms with Crippen molar-refractivity contribution in [1.82, 2.24) is 0 Å². The number of hydrogen-bond acceptors (Lipinski definition) is 11. The highest BCUT2D eigenvalue weighted by molar-refractivity contribution is 6.75. The van der Waals surface area contributed by atoms with E-state index in [-0.39, 0.29) is 112 Å². The van der Waals surface area contributed by atoms with Crippen LogP contribution in [0.5, 0.6) is 0 Å². The second kappa shape index (κ2) is 28.3. The summed E-state index contributed by atoms with van der Waals surface area (Å²) in [7, 11) is -7.27. The van der Waals surface area contributed by atoms with E-state index in [9.17, 15) is 10.2 Å². The number of aryl methyl sites for hydroxylation is 1. The van der Waals surface area contributed by atoms with Crippen molar-refractivity contribution >= 4 is 25.0 Å². The molecule has 0 aromatic heterocycles. The summed E-state index contributed by atoms with van der Waals surface area (Å²) in [4.78, 5) is 0. The summed E-state index contributed by atoms with van der Waals surface area (Å²) in [6.07, 6.45) is 12.2. The number of rotatable bonds is 24. The van der Waals surface area contributed by atoms with Crippen LogP contribution in [0.4, 0.5) is 0 Å². The van der Waals surface area contributed by atoms with Crippen LogP contribution in [-0.4, -0.2) is 139 Å². The van der Waals surface area contributed by atoms with Gasteiger partial charge in [-0.05, 0) is 200 Å². The highest BCUT2D eigenvalue weighted by atomic mass is 28.4. The molecule has 6 fully saturated rings. The van der Waals surface area contributed by atoms with Crippen LogP contribution in [0, 0.1) is 30.6 Å². The van der Waals surface area contributed by atoms with Crippen molar-refractivity contribution in [2.24, 2.45) is 23.7 Å². The Balaban J connectivity index is 1.22. The van der Waals surface area contributed by atoms with E-state index in [1.165, 1.54) is 11.1 Å². The molecule has 0 spiro atoms. The third kappa shape index (κ3) is 17.6. The minimum atomic E-state index is -2.48. The first-order valence-corrected chi connectivity index (χ1v) is 42.4. The zero-order valence-electron chi connectivity index (χ0n) is 57.5. The number of hydrogen-bond donors (Lipinski definition) is 2. The Labute approximate surface area is 521 Å². The van der Waals surface area contributed by atoms with Gasteiger partial charge < -0.3 is 51.9 Å². The lowest BCUT2D eigenvalue weighted by Gasteiger charge is -2.56. The first-order chi connectivity index (χ1) is 39.3. The van der Waals surface area contributed by atoms with Crippen molar-refractivity contribution in [3.05, 3.63) is 71.8 Å². The van der Waals surface area contributed by atoms with E-state index in [1.54, 1.807) is 0 Å². The normalized spacial score (nSPS) is 34.7. The molecule has 1 aromatic carbocycles. The largest absolute Gasteiger partial charge is 0.408 e. The predicted octanol–water partition coefficient (Wildman–Crippen LogP) is 16.3. The maximum Gasteiger partial charge on any atom is 0.193 e. The summed E-state index contributed by atoms with van der Waals surface area (Å²) in [6.45, 7) is 57.5. The molecule has 486 valence electrons. The van der Waals surface area contributed by atoms with Gasteiger partial charge in [0.05, 0.1) is 72.7 Å².